The number of aliphatic hydroxyl groups is 1. The lowest BCUT2D eigenvalue weighted by Crippen LogP contribution is -2.50. The van der Waals surface area contributed by atoms with Gasteiger partial charge in [-0.05, 0) is 20.3 Å². The van der Waals surface area contributed by atoms with Crippen LogP contribution in [-0.2, 0) is 19.0 Å². The highest BCUT2D eigenvalue weighted by atomic mass is 16.7. The van der Waals surface area contributed by atoms with Crippen LogP contribution in [0.1, 0.15) is 60.3 Å². The van der Waals surface area contributed by atoms with Crippen molar-refractivity contribution < 1.29 is 24.1 Å². The summed E-state index contributed by atoms with van der Waals surface area (Å²) in [5.74, 6) is -0.808. The third-order valence-electron chi connectivity index (χ3n) is 6.62. The van der Waals surface area contributed by atoms with Gasteiger partial charge in [-0.1, -0.05) is 32.9 Å². The molecule has 27 heavy (non-hydrogen) atoms. The highest BCUT2D eigenvalue weighted by Crippen LogP contribution is 2.38. The van der Waals surface area contributed by atoms with Gasteiger partial charge in [0.25, 0.3) is 0 Å². The van der Waals surface area contributed by atoms with Crippen LogP contribution >= 0.6 is 0 Å². The Bertz CT molecular complexity index is 535. The molecule has 0 bridgehead atoms. The molecule has 2 N–H and O–H groups in total. The summed E-state index contributed by atoms with van der Waals surface area (Å²) < 4.78 is 17.6. The van der Waals surface area contributed by atoms with E-state index in [2.05, 4.69) is 18.8 Å². The van der Waals surface area contributed by atoms with Gasteiger partial charge in [0, 0.05) is 37.8 Å². The van der Waals surface area contributed by atoms with Crippen LogP contribution < -0.4 is 5.32 Å². The summed E-state index contributed by atoms with van der Waals surface area (Å²) in [5.41, 5.74) is 0.795. The molecule has 6 atom stereocenters. The number of carbonyl (C=O) groups is 1. The fourth-order valence-electron chi connectivity index (χ4n) is 3.83. The van der Waals surface area contributed by atoms with Crippen LogP contribution in [0.5, 0.6) is 0 Å². The number of carbonyl (C=O) groups excluding carboxylic acids is 1. The Morgan fingerprint density at radius 2 is 2.04 bits per heavy atom. The zero-order chi connectivity index (χ0) is 20.4. The van der Waals surface area contributed by atoms with E-state index in [1.165, 1.54) is 0 Å². The Hall–Kier alpha value is -0.950. The highest BCUT2D eigenvalue weighted by molar-refractivity contribution is 5.76. The maximum absolute atomic E-state index is 12.5. The van der Waals surface area contributed by atoms with Crippen molar-refractivity contribution in [2.75, 3.05) is 13.7 Å². The van der Waals surface area contributed by atoms with Gasteiger partial charge in [-0.25, -0.2) is 0 Å². The number of nitrogens with one attached hydrogen (secondary N) is 1. The average Bonchev–Trinajstić information content (AvgIpc) is 2.58. The molecule has 2 heterocycles. The average molecular weight is 384 g/mol. The van der Waals surface area contributed by atoms with E-state index in [0.29, 0.717) is 25.8 Å². The minimum absolute atomic E-state index is 0.0242. The normalized spacial score (nSPS) is 39.2. The minimum Gasteiger partial charge on any atom is -0.392 e. The van der Waals surface area contributed by atoms with Crippen LogP contribution in [0.25, 0.3) is 0 Å². The molecule has 1 unspecified atom stereocenters. The number of ether oxygens (including phenoxy) is 3. The maximum Gasteiger partial charge on any atom is 0.225 e. The Labute approximate surface area is 163 Å². The van der Waals surface area contributed by atoms with Gasteiger partial charge in [-0.15, -0.1) is 0 Å². The van der Waals surface area contributed by atoms with E-state index in [1.54, 1.807) is 7.11 Å². The fourth-order valence-corrected chi connectivity index (χ4v) is 3.83. The van der Waals surface area contributed by atoms with E-state index in [4.69, 9.17) is 14.2 Å². The zero-order valence-corrected chi connectivity index (χ0v) is 17.7. The predicted octanol–water partition coefficient (Wildman–Crippen LogP) is 2.79. The smallest absolute Gasteiger partial charge is 0.225 e. The fraction of sp³-hybridized carbons (Fsp3) is 0.857. The van der Waals surface area contributed by atoms with Crippen LogP contribution in [0, 0.1) is 11.3 Å². The Morgan fingerprint density at radius 1 is 1.37 bits per heavy atom. The second-order valence-electron chi connectivity index (χ2n) is 8.85. The van der Waals surface area contributed by atoms with Crippen molar-refractivity contribution in [1.29, 1.82) is 0 Å². The Kier molecular flexibility index (Phi) is 7.11. The summed E-state index contributed by atoms with van der Waals surface area (Å²) in [6.07, 6.45) is 1.40. The molecule has 0 spiro atoms. The first kappa shape index (κ1) is 22.3. The van der Waals surface area contributed by atoms with Crippen molar-refractivity contribution in [3.8, 4) is 0 Å². The molecule has 0 aromatic rings. The van der Waals surface area contributed by atoms with Gasteiger partial charge >= 0.3 is 0 Å². The van der Waals surface area contributed by atoms with E-state index >= 15 is 0 Å². The van der Waals surface area contributed by atoms with E-state index in [1.807, 2.05) is 27.7 Å². The maximum atomic E-state index is 12.5. The number of amides is 1. The first-order valence-electron chi connectivity index (χ1n) is 10.0. The van der Waals surface area contributed by atoms with Gasteiger partial charge in [0.2, 0.25) is 5.91 Å². The van der Waals surface area contributed by atoms with Crippen LogP contribution in [0.15, 0.2) is 12.2 Å². The molecule has 0 radical (unpaired) electrons. The lowest BCUT2D eigenvalue weighted by Gasteiger charge is -2.44. The van der Waals surface area contributed by atoms with Gasteiger partial charge in [0.1, 0.15) is 0 Å². The Balaban J connectivity index is 1.81. The van der Waals surface area contributed by atoms with E-state index in [0.717, 1.165) is 5.57 Å². The molecular weight excluding hydrogens is 346 g/mol. The van der Waals surface area contributed by atoms with E-state index < -0.39 is 11.9 Å². The molecule has 2 saturated heterocycles. The molecule has 6 nitrogen and oxygen atoms in total. The minimum atomic E-state index is -0.941. The second kappa shape index (κ2) is 8.60. The van der Waals surface area contributed by atoms with Crippen molar-refractivity contribution in [2.24, 2.45) is 11.3 Å². The first-order chi connectivity index (χ1) is 12.5. The monoisotopic (exact) mass is 383 g/mol. The van der Waals surface area contributed by atoms with E-state index in [9.17, 15) is 9.90 Å². The van der Waals surface area contributed by atoms with Gasteiger partial charge in [-0.3, -0.25) is 4.79 Å². The van der Waals surface area contributed by atoms with Gasteiger partial charge < -0.3 is 24.6 Å². The SMILES string of the molecule is C=C1C[C@@](CC(=O)NCCC2C[C@@H](O)C(C)(C)[C@@H](C)O2)(OC)O[C@H](C)[C@@H]1C. The van der Waals surface area contributed by atoms with Crippen molar-refractivity contribution in [1.82, 2.24) is 5.32 Å². The summed E-state index contributed by atoms with van der Waals surface area (Å²) >= 11 is 0. The molecule has 0 aromatic carbocycles. The van der Waals surface area contributed by atoms with Crippen LogP contribution in [0.2, 0.25) is 0 Å². The van der Waals surface area contributed by atoms with Crippen LogP contribution in [-0.4, -0.2) is 54.9 Å². The lowest BCUT2D eigenvalue weighted by atomic mass is 9.76. The Morgan fingerprint density at radius 3 is 2.59 bits per heavy atom. The van der Waals surface area contributed by atoms with E-state index in [-0.39, 0.29) is 42.0 Å². The lowest BCUT2D eigenvalue weighted by molar-refractivity contribution is -0.263. The molecular formula is C21H37NO5. The molecule has 156 valence electrons. The van der Waals surface area contributed by atoms with Crippen molar-refractivity contribution in [3.63, 3.8) is 0 Å². The molecule has 6 heteroatoms. The molecule has 2 aliphatic rings. The van der Waals surface area contributed by atoms with Crippen molar-refractivity contribution >= 4 is 5.91 Å². The topological polar surface area (TPSA) is 77.0 Å². The molecule has 2 fully saturated rings. The summed E-state index contributed by atoms with van der Waals surface area (Å²) in [5, 5.41) is 13.3. The summed E-state index contributed by atoms with van der Waals surface area (Å²) in [6.45, 7) is 14.7. The molecule has 0 aromatic heterocycles. The van der Waals surface area contributed by atoms with Crippen LogP contribution in [0.3, 0.4) is 0 Å². The molecule has 0 aliphatic carbocycles. The number of hydrogen-bond acceptors (Lipinski definition) is 5. The quantitative estimate of drug-likeness (QED) is 0.690. The van der Waals surface area contributed by atoms with Crippen molar-refractivity contribution in [3.05, 3.63) is 12.2 Å². The number of rotatable bonds is 6. The molecule has 2 rings (SSSR count). The molecule has 2 aliphatic heterocycles. The van der Waals surface area contributed by atoms with Crippen molar-refractivity contribution in [2.45, 2.75) is 90.5 Å². The van der Waals surface area contributed by atoms with Gasteiger partial charge in [0.05, 0.1) is 30.8 Å². The zero-order valence-electron chi connectivity index (χ0n) is 17.7. The summed E-state index contributed by atoms with van der Waals surface area (Å²) in [7, 11) is 1.57. The predicted molar refractivity (Wildman–Crippen MR) is 104 cm³/mol. The summed E-state index contributed by atoms with van der Waals surface area (Å²) in [4.78, 5) is 12.5. The molecule has 0 saturated carbocycles. The number of aliphatic hydroxyl groups excluding tert-OH is 1. The standard InChI is InChI=1S/C21H37NO5/c1-13-11-21(25-7,27-15(3)14(13)2)12-19(24)22-9-8-17-10-18(23)20(5,6)16(4)26-17/h14-18,23H,1,8-12H2,2-7H3,(H,22,24)/t14-,15-,16-,17?,18-,21-/m1/s1. The molecule has 1 amide bonds. The van der Waals surface area contributed by atoms with Crippen LogP contribution in [0.4, 0.5) is 0 Å². The van der Waals surface area contributed by atoms with Gasteiger partial charge in [0.15, 0.2) is 5.79 Å². The van der Waals surface area contributed by atoms with Gasteiger partial charge in [-0.2, -0.15) is 0 Å². The first-order valence-corrected chi connectivity index (χ1v) is 10.0. The summed E-state index contributed by atoms with van der Waals surface area (Å²) in [6, 6.07) is 0. The highest BCUT2D eigenvalue weighted by Gasteiger charge is 2.43. The number of methoxy groups -OCH3 is 1. The third kappa shape index (κ3) is 5.11. The second-order valence-corrected chi connectivity index (χ2v) is 8.85. The largest absolute Gasteiger partial charge is 0.392 e. The number of hydrogen-bond donors (Lipinski definition) is 2. The third-order valence-corrected chi connectivity index (χ3v) is 6.62.